The zero-order valence-corrected chi connectivity index (χ0v) is 14.6. The standard InChI is InChI=1S/C16H15BrO4S/c1-11-5-3-4-6-13(11)10-22(19,20)21-16-8-7-14(17)9-15(16)12(2)18/h3-9H,10H2,1-2H3. The Hall–Kier alpha value is -1.66. The normalized spacial score (nSPS) is 11.2. The van der Waals surface area contributed by atoms with Crippen molar-refractivity contribution >= 4 is 31.8 Å². The SMILES string of the molecule is CC(=O)c1cc(Br)ccc1OS(=O)(=O)Cc1ccccc1C. The fourth-order valence-electron chi connectivity index (χ4n) is 1.98. The van der Waals surface area contributed by atoms with Gasteiger partial charge in [0.2, 0.25) is 0 Å². The molecule has 0 radical (unpaired) electrons. The maximum Gasteiger partial charge on any atom is 0.313 e. The van der Waals surface area contributed by atoms with E-state index in [2.05, 4.69) is 15.9 Å². The van der Waals surface area contributed by atoms with Crippen molar-refractivity contribution in [3.05, 3.63) is 63.6 Å². The second-order valence-electron chi connectivity index (χ2n) is 4.91. The van der Waals surface area contributed by atoms with E-state index in [4.69, 9.17) is 4.18 Å². The second kappa shape index (κ2) is 6.62. The van der Waals surface area contributed by atoms with Crippen LogP contribution in [0.25, 0.3) is 0 Å². The highest BCUT2D eigenvalue weighted by Crippen LogP contribution is 2.26. The number of hydrogen-bond donors (Lipinski definition) is 0. The van der Waals surface area contributed by atoms with Crippen LogP contribution in [0.15, 0.2) is 46.9 Å². The summed E-state index contributed by atoms with van der Waals surface area (Å²) >= 11 is 3.25. The molecule has 0 saturated heterocycles. The van der Waals surface area contributed by atoms with E-state index in [0.29, 0.717) is 10.0 Å². The molecule has 0 atom stereocenters. The number of benzene rings is 2. The van der Waals surface area contributed by atoms with Gasteiger partial charge in [-0.2, -0.15) is 8.42 Å². The third-order valence-corrected chi connectivity index (χ3v) is 4.72. The lowest BCUT2D eigenvalue weighted by atomic mass is 10.1. The van der Waals surface area contributed by atoms with E-state index in [1.807, 2.05) is 19.1 Å². The number of aryl methyl sites for hydroxylation is 1. The molecule has 0 aliphatic carbocycles. The fourth-order valence-corrected chi connectivity index (χ4v) is 3.52. The molecule has 4 nitrogen and oxygen atoms in total. The van der Waals surface area contributed by atoms with Crippen LogP contribution >= 0.6 is 15.9 Å². The van der Waals surface area contributed by atoms with Crippen molar-refractivity contribution in [2.24, 2.45) is 0 Å². The molecule has 0 spiro atoms. The van der Waals surface area contributed by atoms with Gasteiger partial charge in [0.05, 0.1) is 5.56 Å². The third kappa shape index (κ3) is 4.18. The molecule has 0 unspecified atom stereocenters. The zero-order valence-electron chi connectivity index (χ0n) is 12.2. The van der Waals surface area contributed by atoms with Gasteiger partial charge in [0.1, 0.15) is 5.75 Å². The lowest BCUT2D eigenvalue weighted by Crippen LogP contribution is -2.14. The van der Waals surface area contributed by atoms with E-state index >= 15 is 0 Å². The van der Waals surface area contributed by atoms with Crippen LogP contribution in [0.5, 0.6) is 5.75 Å². The van der Waals surface area contributed by atoms with Crippen LogP contribution in [0.2, 0.25) is 0 Å². The zero-order chi connectivity index (χ0) is 16.3. The molecule has 0 saturated carbocycles. The third-order valence-electron chi connectivity index (χ3n) is 3.13. The molecule has 0 heterocycles. The average molecular weight is 383 g/mol. The van der Waals surface area contributed by atoms with Gasteiger partial charge in [0.15, 0.2) is 11.5 Å². The minimum absolute atomic E-state index is 0.0456. The summed E-state index contributed by atoms with van der Waals surface area (Å²) < 4.78 is 30.3. The summed E-state index contributed by atoms with van der Waals surface area (Å²) in [7, 11) is -3.85. The van der Waals surface area contributed by atoms with Gasteiger partial charge in [0, 0.05) is 4.47 Å². The molecule has 22 heavy (non-hydrogen) atoms. The molecule has 2 aromatic carbocycles. The van der Waals surface area contributed by atoms with Gasteiger partial charge in [-0.1, -0.05) is 40.2 Å². The van der Waals surface area contributed by atoms with Crippen molar-refractivity contribution in [1.29, 1.82) is 0 Å². The van der Waals surface area contributed by atoms with Crippen LogP contribution < -0.4 is 4.18 Å². The predicted molar refractivity (Wildman–Crippen MR) is 88.6 cm³/mol. The van der Waals surface area contributed by atoms with Gasteiger partial charge < -0.3 is 4.18 Å². The van der Waals surface area contributed by atoms with Crippen LogP contribution in [0.4, 0.5) is 0 Å². The monoisotopic (exact) mass is 382 g/mol. The number of ketones is 1. The number of Topliss-reactive ketones (excluding diaryl/α,β-unsaturated/α-hetero) is 1. The molecule has 0 aliphatic rings. The minimum atomic E-state index is -3.85. The molecule has 0 fully saturated rings. The molecule has 2 rings (SSSR count). The van der Waals surface area contributed by atoms with Crippen molar-refractivity contribution in [2.75, 3.05) is 0 Å². The average Bonchev–Trinajstić information content (AvgIpc) is 2.42. The van der Waals surface area contributed by atoms with Crippen molar-refractivity contribution in [1.82, 2.24) is 0 Å². The summed E-state index contributed by atoms with van der Waals surface area (Å²) in [6, 6.07) is 11.8. The fraction of sp³-hybridized carbons (Fsp3) is 0.188. The topological polar surface area (TPSA) is 60.4 Å². The lowest BCUT2D eigenvalue weighted by molar-refractivity contribution is 0.101. The smallest absolute Gasteiger partial charge is 0.313 e. The molecule has 0 aromatic heterocycles. The van der Waals surface area contributed by atoms with Crippen LogP contribution in [0, 0.1) is 6.92 Å². The summed E-state index contributed by atoms with van der Waals surface area (Å²) in [6.45, 7) is 3.20. The van der Waals surface area contributed by atoms with E-state index in [1.165, 1.54) is 13.0 Å². The Bertz CT molecular complexity index is 813. The van der Waals surface area contributed by atoms with Gasteiger partial charge in [0.25, 0.3) is 0 Å². The number of carbonyl (C=O) groups is 1. The molecular formula is C16H15BrO4S. The van der Waals surface area contributed by atoms with E-state index in [-0.39, 0.29) is 22.8 Å². The number of hydrogen-bond acceptors (Lipinski definition) is 4. The maximum atomic E-state index is 12.2. The van der Waals surface area contributed by atoms with Gasteiger partial charge in [-0.05, 0) is 43.2 Å². The van der Waals surface area contributed by atoms with Crippen LogP contribution in [0.3, 0.4) is 0 Å². The first kappa shape index (κ1) is 16.7. The quantitative estimate of drug-likeness (QED) is 0.581. The van der Waals surface area contributed by atoms with E-state index < -0.39 is 10.1 Å². The van der Waals surface area contributed by atoms with Gasteiger partial charge in [-0.15, -0.1) is 0 Å². The molecule has 0 amide bonds. The number of carbonyl (C=O) groups excluding carboxylic acids is 1. The highest BCUT2D eigenvalue weighted by molar-refractivity contribution is 9.10. The Morgan fingerprint density at radius 1 is 1.18 bits per heavy atom. The summed E-state index contributed by atoms with van der Waals surface area (Å²) in [5, 5.41) is 0. The van der Waals surface area contributed by atoms with Crippen LogP contribution in [0.1, 0.15) is 28.4 Å². The summed E-state index contributed by atoms with van der Waals surface area (Å²) in [5.41, 5.74) is 1.77. The molecule has 2 aromatic rings. The van der Waals surface area contributed by atoms with Gasteiger partial charge in [-0.3, -0.25) is 4.79 Å². The van der Waals surface area contributed by atoms with Crippen LogP contribution in [-0.2, 0) is 15.9 Å². The Labute approximate surface area is 138 Å². The Kier molecular flexibility index (Phi) is 5.03. The number of halogens is 1. The summed E-state index contributed by atoms with van der Waals surface area (Å²) in [6.07, 6.45) is 0. The van der Waals surface area contributed by atoms with E-state index in [9.17, 15) is 13.2 Å². The number of rotatable bonds is 5. The molecule has 6 heteroatoms. The molecule has 0 aliphatic heterocycles. The minimum Gasteiger partial charge on any atom is -0.381 e. The van der Waals surface area contributed by atoms with E-state index in [1.54, 1.807) is 24.3 Å². The van der Waals surface area contributed by atoms with Crippen molar-refractivity contribution in [3.8, 4) is 5.75 Å². The first-order valence-corrected chi connectivity index (χ1v) is 8.93. The summed E-state index contributed by atoms with van der Waals surface area (Å²) in [5.74, 6) is -0.459. The second-order valence-corrected chi connectivity index (χ2v) is 7.39. The molecular weight excluding hydrogens is 368 g/mol. The first-order chi connectivity index (χ1) is 10.3. The van der Waals surface area contributed by atoms with E-state index in [0.717, 1.165) is 5.56 Å². The van der Waals surface area contributed by atoms with Gasteiger partial charge in [-0.25, -0.2) is 0 Å². The highest BCUT2D eigenvalue weighted by atomic mass is 79.9. The Morgan fingerprint density at radius 3 is 2.50 bits per heavy atom. The first-order valence-electron chi connectivity index (χ1n) is 6.55. The lowest BCUT2D eigenvalue weighted by Gasteiger charge is -2.11. The van der Waals surface area contributed by atoms with Crippen molar-refractivity contribution in [3.63, 3.8) is 0 Å². The highest BCUT2D eigenvalue weighted by Gasteiger charge is 2.19. The van der Waals surface area contributed by atoms with Crippen molar-refractivity contribution < 1.29 is 17.4 Å². The Morgan fingerprint density at radius 2 is 1.86 bits per heavy atom. The summed E-state index contributed by atoms with van der Waals surface area (Å²) in [4.78, 5) is 11.6. The van der Waals surface area contributed by atoms with Gasteiger partial charge >= 0.3 is 10.1 Å². The van der Waals surface area contributed by atoms with Crippen molar-refractivity contribution in [2.45, 2.75) is 19.6 Å². The molecule has 0 bridgehead atoms. The molecule has 116 valence electrons. The largest absolute Gasteiger partial charge is 0.381 e. The Balaban J connectivity index is 2.30. The predicted octanol–water partition coefficient (Wildman–Crippen LogP) is 3.87. The van der Waals surface area contributed by atoms with Crippen LogP contribution in [-0.4, -0.2) is 14.2 Å². The maximum absolute atomic E-state index is 12.2. The molecule has 0 N–H and O–H groups in total.